The van der Waals surface area contributed by atoms with Crippen molar-refractivity contribution in [1.29, 1.82) is 0 Å². The van der Waals surface area contributed by atoms with Crippen LogP contribution in [0.4, 0.5) is 0 Å². The number of carbonyl (C=O) groups is 1. The molecule has 0 saturated carbocycles. The van der Waals surface area contributed by atoms with Crippen LogP contribution in [-0.4, -0.2) is 20.2 Å². The van der Waals surface area contributed by atoms with Crippen LogP contribution >= 0.6 is 0 Å². The predicted molar refractivity (Wildman–Crippen MR) is 83.7 cm³/mol. The SMILES string of the molecule is COc1cc2c(cc1OC(C)=O)CCc1cccc(OC)c1-2. The Morgan fingerprint density at radius 1 is 0.955 bits per heavy atom. The summed E-state index contributed by atoms with van der Waals surface area (Å²) in [5.74, 6) is 1.51. The van der Waals surface area contributed by atoms with Gasteiger partial charge in [-0.05, 0) is 47.7 Å². The Labute approximate surface area is 129 Å². The molecule has 0 unspecified atom stereocenters. The van der Waals surface area contributed by atoms with Gasteiger partial charge >= 0.3 is 5.97 Å². The van der Waals surface area contributed by atoms with Crippen molar-refractivity contribution >= 4 is 5.97 Å². The maximum atomic E-state index is 11.3. The Kier molecular flexibility index (Phi) is 3.75. The van der Waals surface area contributed by atoms with Gasteiger partial charge in [0.15, 0.2) is 11.5 Å². The number of benzene rings is 2. The first-order chi connectivity index (χ1) is 10.6. The van der Waals surface area contributed by atoms with Gasteiger partial charge in [0, 0.05) is 12.5 Å². The lowest BCUT2D eigenvalue weighted by atomic mass is 9.84. The molecule has 1 aliphatic carbocycles. The Hall–Kier alpha value is -2.49. The fourth-order valence-corrected chi connectivity index (χ4v) is 2.97. The van der Waals surface area contributed by atoms with Gasteiger partial charge in [0.1, 0.15) is 5.75 Å². The van der Waals surface area contributed by atoms with Crippen molar-refractivity contribution < 1.29 is 19.0 Å². The van der Waals surface area contributed by atoms with Gasteiger partial charge in [0.2, 0.25) is 0 Å². The zero-order chi connectivity index (χ0) is 15.7. The Morgan fingerprint density at radius 2 is 1.68 bits per heavy atom. The molecular weight excluding hydrogens is 280 g/mol. The molecule has 4 heteroatoms. The van der Waals surface area contributed by atoms with Crippen molar-refractivity contribution in [2.75, 3.05) is 14.2 Å². The van der Waals surface area contributed by atoms with E-state index in [2.05, 4.69) is 6.07 Å². The van der Waals surface area contributed by atoms with Crippen molar-refractivity contribution in [2.24, 2.45) is 0 Å². The van der Waals surface area contributed by atoms with Crippen LogP contribution in [0.5, 0.6) is 17.2 Å². The predicted octanol–water partition coefficient (Wildman–Crippen LogP) is 3.39. The van der Waals surface area contributed by atoms with E-state index in [1.54, 1.807) is 14.2 Å². The normalized spacial score (nSPS) is 12.1. The Morgan fingerprint density at radius 3 is 2.36 bits per heavy atom. The summed E-state index contributed by atoms with van der Waals surface area (Å²) in [4.78, 5) is 11.3. The van der Waals surface area contributed by atoms with Crippen molar-refractivity contribution in [3.63, 3.8) is 0 Å². The van der Waals surface area contributed by atoms with E-state index < -0.39 is 0 Å². The monoisotopic (exact) mass is 298 g/mol. The van der Waals surface area contributed by atoms with Gasteiger partial charge in [-0.1, -0.05) is 12.1 Å². The first kappa shape index (κ1) is 14.4. The summed E-state index contributed by atoms with van der Waals surface area (Å²) in [6.07, 6.45) is 1.83. The number of carbonyl (C=O) groups excluding carboxylic acids is 1. The maximum Gasteiger partial charge on any atom is 0.308 e. The molecule has 0 fully saturated rings. The summed E-state index contributed by atoms with van der Waals surface area (Å²) in [7, 11) is 3.25. The number of hydrogen-bond donors (Lipinski definition) is 0. The van der Waals surface area contributed by atoms with Crippen LogP contribution < -0.4 is 14.2 Å². The molecule has 0 aliphatic heterocycles. The molecule has 0 bridgehead atoms. The van der Waals surface area contributed by atoms with Crippen LogP contribution in [0.3, 0.4) is 0 Å². The molecule has 0 atom stereocenters. The second-order valence-electron chi connectivity index (χ2n) is 5.25. The summed E-state index contributed by atoms with van der Waals surface area (Å²) in [6, 6.07) is 9.90. The van der Waals surface area contributed by atoms with Crippen LogP contribution in [0.15, 0.2) is 30.3 Å². The molecule has 0 radical (unpaired) electrons. The lowest BCUT2D eigenvalue weighted by Crippen LogP contribution is -2.08. The van der Waals surface area contributed by atoms with E-state index in [-0.39, 0.29) is 5.97 Å². The van der Waals surface area contributed by atoms with Gasteiger partial charge < -0.3 is 14.2 Å². The second-order valence-corrected chi connectivity index (χ2v) is 5.25. The largest absolute Gasteiger partial charge is 0.496 e. The smallest absolute Gasteiger partial charge is 0.308 e. The molecule has 0 spiro atoms. The third-order valence-corrected chi connectivity index (χ3v) is 3.91. The molecule has 3 rings (SSSR count). The average molecular weight is 298 g/mol. The van der Waals surface area contributed by atoms with Gasteiger partial charge in [-0.2, -0.15) is 0 Å². The number of ether oxygens (including phenoxy) is 3. The summed E-state index contributed by atoms with van der Waals surface area (Å²) in [5, 5.41) is 0. The molecule has 2 aromatic carbocycles. The molecule has 0 aromatic heterocycles. The average Bonchev–Trinajstić information content (AvgIpc) is 2.52. The molecule has 0 amide bonds. The molecular formula is C18H18O4. The Balaban J connectivity index is 2.19. The van der Waals surface area contributed by atoms with E-state index in [1.165, 1.54) is 12.5 Å². The van der Waals surface area contributed by atoms with Crippen molar-refractivity contribution in [2.45, 2.75) is 19.8 Å². The molecule has 22 heavy (non-hydrogen) atoms. The molecule has 0 heterocycles. The van der Waals surface area contributed by atoms with Crippen molar-refractivity contribution in [1.82, 2.24) is 0 Å². The standard InChI is InChI=1S/C18H18O4/c1-11(19)22-17-9-13-8-7-12-5-4-6-15(20-2)18(12)14(13)10-16(17)21-3/h4-6,9-10H,7-8H2,1-3H3. The van der Waals surface area contributed by atoms with E-state index in [0.717, 1.165) is 35.3 Å². The van der Waals surface area contributed by atoms with Crippen LogP contribution in [0.1, 0.15) is 18.1 Å². The topological polar surface area (TPSA) is 44.8 Å². The fraction of sp³-hybridized carbons (Fsp3) is 0.278. The Bertz CT molecular complexity index is 720. The first-order valence-corrected chi connectivity index (χ1v) is 7.19. The quantitative estimate of drug-likeness (QED) is 0.643. The number of aryl methyl sites for hydroxylation is 2. The maximum absolute atomic E-state index is 11.3. The summed E-state index contributed by atoms with van der Waals surface area (Å²) < 4.78 is 16.1. The van der Waals surface area contributed by atoms with E-state index in [9.17, 15) is 4.79 Å². The zero-order valence-electron chi connectivity index (χ0n) is 12.9. The van der Waals surface area contributed by atoms with Crippen molar-refractivity contribution in [3.8, 4) is 28.4 Å². The third-order valence-electron chi connectivity index (χ3n) is 3.91. The number of hydrogen-bond acceptors (Lipinski definition) is 4. The summed E-state index contributed by atoms with van der Waals surface area (Å²) in [6.45, 7) is 1.39. The van der Waals surface area contributed by atoms with Crippen LogP contribution in [-0.2, 0) is 17.6 Å². The van der Waals surface area contributed by atoms with Crippen LogP contribution in [0.2, 0.25) is 0 Å². The molecule has 4 nitrogen and oxygen atoms in total. The van der Waals surface area contributed by atoms with Gasteiger partial charge in [0.25, 0.3) is 0 Å². The number of fused-ring (bicyclic) bond motifs is 3. The number of methoxy groups -OCH3 is 2. The van der Waals surface area contributed by atoms with Gasteiger partial charge in [-0.3, -0.25) is 4.79 Å². The minimum atomic E-state index is -0.355. The van der Waals surface area contributed by atoms with E-state index in [4.69, 9.17) is 14.2 Å². The minimum absolute atomic E-state index is 0.355. The number of esters is 1. The third kappa shape index (κ3) is 2.41. The highest BCUT2D eigenvalue weighted by Gasteiger charge is 2.23. The van der Waals surface area contributed by atoms with Gasteiger partial charge in [0.05, 0.1) is 14.2 Å². The second kappa shape index (κ2) is 5.72. The highest BCUT2D eigenvalue weighted by Crippen LogP contribution is 2.44. The van der Waals surface area contributed by atoms with Gasteiger partial charge in [-0.15, -0.1) is 0 Å². The lowest BCUT2D eigenvalue weighted by Gasteiger charge is -2.23. The summed E-state index contributed by atoms with van der Waals surface area (Å²) >= 11 is 0. The van der Waals surface area contributed by atoms with E-state index in [1.807, 2.05) is 24.3 Å². The van der Waals surface area contributed by atoms with Crippen molar-refractivity contribution in [3.05, 3.63) is 41.5 Å². The molecule has 114 valence electrons. The molecule has 1 aliphatic rings. The lowest BCUT2D eigenvalue weighted by molar-refractivity contribution is -0.132. The van der Waals surface area contributed by atoms with Crippen LogP contribution in [0.25, 0.3) is 11.1 Å². The highest BCUT2D eigenvalue weighted by atomic mass is 16.6. The fourth-order valence-electron chi connectivity index (χ4n) is 2.97. The minimum Gasteiger partial charge on any atom is -0.496 e. The number of rotatable bonds is 3. The van der Waals surface area contributed by atoms with Gasteiger partial charge in [-0.25, -0.2) is 0 Å². The van der Waals surface area contributed by atoms with E-state index >= 15 is 0 Å². The molecule has 2 aromatic rings. The zero-order valence-corrected chi connectivity index (χ0v) is 12.9. The summed E-state index contributed by atoms with van der Waals surface area (Å²) in [5.41, 5.74) is 4.56. The molecule has 0 saturated heterocycles. The molecule has 0 N–H and O–H groups in total. The highest BCUT2D eigenvalue weighted by molar-refractivity contribution is 5.81. The van der Waals surface area contributed by atoms with E-state index in [0.29, 0.717) is 11.5 Å². The first-order valence-electron chi connectivity index (χ1n) is 7.19. The van der Waals surface area contributed by atoms with Crippen LogP contribution in [0, 0.1) is 0 Å².